The van der Waals surface area contributed by atoms with E-state index in [4.69, 9.17) is 9.84 Å². The Labute approximate surface area is 95.4 Å². The molecule has 0 radical (unpaired) electrons. The number of carboxylic acids is 1. The Morgan fingerprint density at radius 2 is 2.06 bits per heavy atom. The first-order chi connectivity index (χ1) is 7.54. The molecular formula is C11H19NO4. The Hall–Kier alpha value is -1.10. The SMILES string of the molecule is COC[C@@H]1CN(C(=O)CCC(=O)O)C[C@H]1C. The molecule has 0 aromatic rings. The van der Waals surface area contributed by atoms with Crippen LogP contribution in [0, 0.1) is 11.8 Å². The van der Waals surface area contributed by atoms with Crippen LogP contribution in [0.5, 0.6) is 0 Å². The van der Waals surface area contributed by atoms with E-state index in [1.807, 2.05) is 0 Å². The number of carbonyl (C=O) groups is 2. The molecule has 0 aromatic carbocycles. The monoisotopic (exact) mass is 229 g/mol. The Kier molecular flexibility index (Phi) is 4.73. The molecule has 1 fully saturated rings. The minimum absolute atomic E-state index is 0.0622. The number of carbonyl (C=O) groups excluding carboxylic acids is 1. The summed E-state index contributed by atoms with van der Waals surface area (Å²) in [4.78, 5) is 23.8. The molecule has 0 spiro atoms. The number of carboxylic acid groups (broad SMARTS) is 1. The highest BCUT2D eigenvalue weighted by Gasteiger charge is 2.31. The van der Waals surface area contributed by atoms with Crippen molar-refractivity contribution >= 4 is 11.9 Å². The van der Waals surface area contributed by atoms with Crippen molar-refractivity contribution in [3.8, 4) is 0 Å². The minimum Gasteiger partial charge on any atom is -0.481 e. The third-order valence-corrected chi connectivity index (χ3v) is 3.05. The number of amides is 1. The molecule has 1 rings (SSSR count). The predicted molar refractivity (Wildman–Crippen MR) is 58.0 cm³/mol. The number of hydrogen-bond acceptors (Lipinski definition) is 3. The van der Waals surface area contributed by atoms with Crippen LogP contribution in [0.25, 0.3) is 0 Å². The second-order valence-electron chi connectivity index (χ2n) is 4.39. The number of hydrogen-bond donors (Lipinski definition) is 1. The molecule has 0 unspecified atom stereocenters. The van der Waals surface area contributed by atoms with Crippen LogP contribution < -0.4 is 0 Å². The number of nitrogens with zero attached hydrogens (tertiary/aromatic N) is 1. The lowest BCUT2D eigenvalue weighted by Crippen LogP contribution is -2.29. The highest BCUT2D eigenvalue weighted by molar-refractivity contribution is 5.80. The van der Waals surface area contributed by atoms with Crippen LogP contribution in [-0.4, -0.2) is 48.7 Å². The molecule has 0 aromatic heterocycles. The number of likely N-dealkylation sites (tertiary alicyclic amines) is 1. The summed E-state index contributed by atoms with van der Waals surface area (Å²) in [5, 5.41) is 8.50. The Bertz CT molecular complexity index is 267. The van der Waals surface area contributed by atoms with Gasteiger partial charge in [0.05, 0.1) is 13.0 Å². The summed E-state index contributed by atoms with van der Waals surface area (Å²) in [7, 11) is 1.65. The Morgan fingerprint density at radius 1 is 1.38 bits per heavy atom. The normalized spacial score (nSPS) is 24.8. The summed E-state index contributed by atoms with van der Waals surface area (Å²) in [5.74, 6) is -0.186. The van der Waals surface area contributed by atoms with E-state index in [9.17, 15) is 9.59 Å². The van der Waals surface area contributed by atoms with Gasteiger partial charge in [-0.1, -0.05) is 6.92 Å². The van der Waals surface area contributed by atoms with Crippen molar-refractivity contribution in [3.63, 3.8) is 0 Å². The van der Waals surface area contributed by atoms with Crippen molar-refractivity contribution in [1.82, 2.24) is 4.90 Å². The Morgan fingerprint density at radius 3 is 2.62 bits per heavy atom. The maximum Gasteiger partial charge on any atom is 0.303 e. The van der Waals surface area contributed by atoms with Gasteiger partial charge in [0.25, 0.3) is 0 Å². The molecule has 2 atom stereocenters. The first-order valence-electron chi connectivity index (χ1n) is 5.53. The van der Waals surface area contributed by atoms with Gasteiger partial charge >= 0.3 is 5.97 Å². The lowest BCUT2D eigenvalue weighted by atomic mass is 10.00. The van der Waals surface area contributed by atoms with Gasteiger partial charge in [-0.3, -0.25) is 9.59 Å². The van der Waals surface area contributed by atoms with Gasteiger partial charge in [0, 0.05) is 32.5 Å². The predicted octanol–water partition coefficient (Wildman–Crippen LogP) is 0.592. The number of rotatable bonds is 5. The zero-order chi connectivity index (χ0) is 12.1. The zero-order valence-corrected chi connectivity index (χ0v) is 9.81. The third kappa shape index (κ3) is 3.48. The topological polar surface area (TPSA) is 66.8 Å². The first kappa shape index (κ1) is 13.0. The number of methoxy groups -OCH3 is 1. The molecule has 92 valence electrons. The van der Waals surface area contributed by atoms with Gasteiger partial charge in [0.2, 0.25) is 5.91 Å². The highest BCUT2D eigenvalue weighted by Crippen LogP contribution is 2.23. The molecular weight excluding hydrogens is 210 g/mol. The maximum atomic E-state index is 11.7. The number of ether oxygens (including phenoxy) is 1. The van der Waals surface area contributed by atoms with Crippen LogP contribution in [0.15, 0.2) is 0 Å². The second-order valence-corrected chi connectivity index (χ2v) is 4.39. The van der Waals surface area contributed by atoms with E-state index in [1.54, 1.807) is 12.0 Å². The van der Waals surface area contributed by atoms with Crippen LogP contribution >= 0.6 is 0 Å². The van der Waals surface area contributed by atoms with Crippen LogP contribution in [-0.2, 0) is 14.3 Å². The molecule has 1 aliphatic heterocycles. The molecule has 1 amide bonds. The molecule has 1 heterocycles. The summed E-state index contributed by atoms with van der Waals surface area (Å²) in [6.45, 7) is 4.15. The van der Waals surface area contributed by atoms with Crippen molar-refractivity contribution in [3.05, 3.63) is 0 Å². The lowest BCUT2D eigenvalue weighted by molar-refractivity contribution is -0.140. The fourth-order valence-electron chi connectivity index (χ4n) is 2.04. The molecule has 5 heteroatoms. The van der Waals surface area contributed by atoms with Crippen molar-refractivity contribution < 1.29 is 19.4 Å². The molecule has 1 aliphatic rings. The van der Waals surface area contributed by atoms with Gasteiger partial charge in [0.1, 0.15) is 0 Å². The van der Waals surface area contributed by atoms with Crippen LogP contribution in [0.1, 0.15) is 19.8 Å². The summed E-state index contributed by atoms with van der Waals surface area (Å²) >= 11 is 0. The van der Waals surface area contributed by atoms with Crippen LogP contribution in [0.4, 0.5) is 0 Å². The van der Waals surface area contributed by atoms with Gasteiger partial charge in [-0.25, -0.2) is 0 Å². The fourth-order valence-corrected chi connectivity index (χ4v) is 2.04. The zero-order valence-electron chi connectivity index (χ0n) is 9.81. The number of aliphatic carboxylic acids is 1. The third-order valence-electron chi connectivity index (χ3n) is 3.05. The molecule has 0 saturated carbocycles. The largest absolute Gasteiger partial charge is 0.481 e. The first-order valence-corrected chi connectivity index (χ1v) is 5.53. The highest BCUT2D eigenvalue weighted by atomic mass is 16.5. The minimum atomic E-state index is -0.922. The quantitative estimate of drug-likeness (QED) is 0.749. The van der Waals surface area contributed by atoms with E-state index < -0.39 is 5.97 Å². The van der Waals surface area contributed by atoms with Gasteiger partial charge in [-0.05, 0) is 5.92 Å². The molecule has 0 aliphatic carbocycles. The molecule has 0 bridgehead atoms. The van der Waals surface area contributed by atoms with E-state index in [-0.39, 0.29) is 18.7 Å². The summed E-state index contributed by atoms with van der Waals surface area (Å²) in [5.41, 5.74) is 0. The smallest absolute Gasteiger partial charge is 0.303 e. The second kappa shape index (κ2) is 5.84. The fraction of sp³-hybridized carbons (Fsp3) is 0.818. The molecule has 5 nitrogen and oxygen atoms in total. The maximum absolute atomic E-state index is 11.7. The molecule has 1 N–H and O–H groups in total. The van der Waals surface area contributed by atoms with E-state index in [0.717, 1.165) is 0 Å². The average molecular weight is 229 g/mol. The lowest BCUT2D eigenvalue weighted by Gasteiger charge is -2.15. The van der Waals surface area contributed by atoms with E-state index in [2.05, 4.69) is 6.92 Å². The molecule has 1 saturated heterocycles. The Balaban J connectivity index is 2.39. The molecule has 16 heavy (non-hydrogen) atoms. The van der Waals surface area contributed by atoms with Crippen molar-refractivity contribution in [2.75, 3.05) is 26.8 Å². The summed E-state index contributed by atoms with van der Waals surface area (Å²) < 4.78 is 5.09. The van der Waals surface area contributed by atoms with E-state index >= 15 is 0 Å². The van der Waals surface area contributed by atoms with E-state index in [1.165, 1.54) is 0 Å². The van der Waals surface area contributed by atoms with E-state index in [0.29, 0.717) is 31.5 Å². The summed E-state index contributed by atoms with van der Waals surface area (Å²) in [6.07, 6.45) is 0.0143. The van der Waals surface area contributed by atoms with Gasteiger partial charge in [0.15, 0.2) is 0 Å². The van der Waals surface area contributed by atoms with Gasteiger partial charge in [-0.2, -0.15) is 0 Å². The van der Waals surface area contributed by atoms with Crippen molar-refractivity contribution in [2.24, 2.45) is 11.8 Å². The van der Waals surface area contributed by atoms with Crippen LogP contribution in [0.2, 0.25) is 0 Å². The standard InChI is InChI=1S/C11H19NO4/c1-8-5-12(6-9(8)7-16-2)10(13)3-4-11(14)15/h8-9H,3-7H2,1-2H3,(H,14,15)/t8-,9+/m1/s1. The summed E-state index contributed by atoms with van der Waals surface area (Å²) in [6, 6.07) is 0. The van der Waals surface area contributed by atoms with Crippen LogP contribution in [0.3, 0.4) is 0 Å². The van der Waals surface area contributed by atoms with Crippen molar-refractivity contribution in [2.45, 2.75) is 19.8 Å². The average Bonchev–Trinajstić information content (AvgIpc) is 2.57. The van der Waals surface area contributed by atoms with Gasteiger partial charge < -0.3 is 14.7 Å². The van der Waals surface area contributed by atoms with Crippen molar-refractivity contribution in [1.29, 1.82) is 0 Å². The van der Waals surface area contributed by atoms with Gasteiger partial charge in [-0.15, -0.1) is 0 Å².